The lowest BCUT2D eigenvalue weighted by Gasteiger charge is -2.35. The van der Waals surface area contributed by atoms with Gasteiger partial charge in [-0.2, -0.15) is 0 Å². The van der Waals surface area contributed by atoms with E-state index < -0.39 is 0 Å². The molecule has 1 aromatic heterocycles. The van der Waals surface area contributed by atoms with Gasteiger partial charge in [0, 0.05) is 45.1 Å². The molecule has 5 heteroatoms. The van der Waals surface area contributed by atoms with E-state index >= 15 is 0 Å². The van der Waals surface area contributed by atoms with Crippen molar-refractivity contribution in [2.75, 3.05) is 37.6 Å². The largest absolute Gasteiger partial charge is 0.388 e. The Morgan fingerprint density at radius 1 is 1.04 bits per heavy atom. The Hall–Kier alpha value is -1.98. The predicted molar refractivity (Wildman–Crippen MR) is 96.2 cm³/mol. The summed E-state index contributed by atoms with van der Waals surface area (Å²) in [5.74, 6) is 0.812. The molecule has 1 atom stereocenters. The summed E-state index contributed by atoms with van der Waals surface area (Å²) < 4.78 is 0. The summed E-state index contributed by atoms with van der Waals surface area (Å²) in [4.78, 5) is 13.3. The molecule has 1 aliphatic heterocycles. The Morgan fingerprint density at radius 3 is 2.42 bits per heavy atom. The number of aliphatic hydroxyl groups excluding tert-OH is 1. The van der Waals surface area contributed by atoms with E-state index in [4.69, 9.17) is 0 Å². The van der Waals surface area contributed by atoms with E-state index in [0.717, 1.165) is 50.7 Å². The highest BCUT2D eigenvalue weighted by Crippen LogP contribution is 2.20. The number of aliphatic hydroxyl groups is 1. The van der Waals surface area contributed by atoms with Crippen LogP contribution in [0.15, 0.2) is 36.7 Å². The van der Waals surface area contributed by atoms with Crippen molar-refractivity contribution in [3.8, 4) is 0 Å². The number of aryl methyl sites for hydroxylation is 2. The van der Waals surface area contributed by atoms with Gasteiger partial charge in [-0.1, -0.05) is 18.2 Å². The quantitative estimate of drug-likeness (QED) is 0.914. The lowest BCUT2D eigenvalue weighted by molar-refractivity contribution is 0.139. The molecule has 0 saturated carbocycles. The molecule has 1 N–H and O–H groups in total. The zero-order valence-electron chi connectivity index (χ0n) is 14.5. The standard InChI is InChI=1S/C19H26N4O/c1-15-4-5-17(14-16(15)2)18(24)6-9-22-10-12-23(13-11-22)19-20-7-3-8-21-19/h3-5,7-8,14,18,24H,6,9-13H2,1-2H3. The number of piperazine rings is 1. The van der Waals surface area contributed by atoms with Crippen molar-refractivity contribution in [1.82, 2.24) is 14.9 Å². The maximum Gasteiger partial charge on any atom is 0.225 e. The second-order valence-corrected chi connectivity index (χ2v) is 6.53. The van der Waals surface area contributed by atoms with Crippen LogP contribution >= 0.6 is 0 Å². The van der Waals surface area contributed by atoms with Crippen molar-refractivity contribution in [2.45, 2.75) is 26.4 Å². The van der Waals surface area contributed by atoms with E-state index in [1.54, 1.807) is 12.4 Å². The summed E-state index contributed by atoms with van der Waals surface area (Å²) in [6.45, 7) is 8.94. The molecule has 1 saturated heterocycles. The predicted octanol–water partition coefficient (Wildman–Crippen LogP) is 2.34. The molecule has 1 unspecified atom stereocenters. The number of rotatable bonds is 5. The van der Waals surface area contributed by atoms with E-state index in [1.807, 2.05) is 12.1 Å². The second-order valence-electron chi connectivity index (χ2n) is 6.53. The smallest absolute Gasteiger partial charge is 0.225 e. The van der Waals surface area contributed by atoms with Crippen molar-refractivity contribution in [3.05, 3.63) is 53.3 Å². The van der Waals surface area contributed by atoms with Gasteiger partial charge in [-0.15, -0.1) is 0 Å². The molecule has 0 aliphatic carbocycles. The summed E-state index contributed by atoms with van der Waals surface area (Å²) in [6, 6.07) is 8.07. The molecule has 0 spiro atoms. The minimum atomic E-state index is -0.389. The first kappa shape index (κ1) is 16.9. The molecule has 2 heterocycles. The van der Waals surface area contributed by atoms with Gasteiger partial charge in [0.05, 0.1) is 6.10 Å². The van der Waals surface area contributed by atoms with Crippen molar-refractivity contribution >= 4 is 5.95 Å². The minimum absolute atomic E-state index is 0.389. The van der Waals surface area contributed by atoms with E-state index in [2.05, 4.69) is 45.7 Å². The molecule has 128 valence electrons. The fraction of sp³-hybridized carbons (Fsp3) is 0.474. The molecule has 2 aromatic rings. The van der Waals surface area contributed by atoms with Crippen LogP contribution in [0.3, 0.4) is 0 Å². The van der Waals surface area contributed by atoms with Crippen LogP contribution in [0.25, 0.3) is 0 Å². The first-order valence-electron chi connectivity index (χ1n) is 8.63. The third-order valence-corrected chi connectivity index (χ3v) is 4.84. The van der Waals surface area contributed by atoms with Crippen LogP contribution in [-0.4, -0.2) is 52.7 Å². The van der Waals surface area contributed by atoms with Crippen molar-refractivity contribution in [2.24, 2.45) is 0 Å². The number of benzene rings is 1. The van der Waals surface area contributed by atoms with E-state index in [9.17, 15) is 5.11 Å². The highest BCUT2D eigenvalue weighted by atomic mass is 16.3. The SMILES string of the molecule is Cc1ccc(C(O)CCN2CCN(c3ncccn3)CC2)cc1C. The molecule has 0 bridgehead atoms. The monoisotopic (exact) mass is 326 g/mol. The Labute approximate surface area is 144 Å². The number of aromatic nitrogens is 2. The van der Waals surface area contributed by atoms with Crippen LogP contribution in [0.2, 0.25) is 0 Å². The van der Waals surface area contributed by atoms with Crippen molar-refractivity contribution < 1.29 is 5.11 Å². The number of anilines is 1. The lowest BCUT2D eigenvalue weighted by atomic mass is 10.0. The van der Waals surface area contributed by atoms with Gasteiger partial charge in [0.2, 0.25) is 5.95 Å². The lowest BCUT2D eigenvalue weighted by Crippen LogP contribution is -2.47. The molecule has 5 nitrogen and oxygen atoms in total. The normalized spacial score (nSPS) is 17.0. The molecular formula is C19H26N4O. The zero-order chi connectivity index (χ0) is 16.9. The highest BCUT2D eigenvalue weighted by molar-refractivity contribution is 5.31. The van der Waals surface area contributed by atoms with Crippen LogP contribution in [-0.2, 0) is 0 Å². The summed E-state index contributed by atoms with van der Waals surface area (Å²) in [6.07, 6.45) is 3.95. The average molecular weight is 326 g/mol. The van der Waals surface area contributed by atoms with Gasteiger partial charge >= 0.3 is 0 Å². The van der Waals surface area contributed by atoms with Gasteiger partial charge in [-0.25, -0.2) is 9.97 Å². The highest BCUT2D eigenvalue weighted by Gasteiger charge is 2.19. The molecular weight excluding hydrogens is 300 g/mol. The van der Waals surface area contributed by atoms with Gasteiger partial charge in [0.15, 0.2) is 0 Å². The third-order valence-electron chi connectivity index (χ3n) is 4.84. The van der Waals surface area contributed by atoms with Crippen LogP contribution in [0.5, 0.6) is 0 Å². The first-order valence-corrected chi connectivity index (χ1v) is 8.63. The van der Waals surface area contributed by atoms with Crippen molar-refractivity contribution in [3.63, 3.8) is 0 Å². The van der Waals surface area contributed by atoms with E-state index in [-0.39, 0.29) is 6.10 Å². The maximum atomic E-state index is 10.4. The number of hydrogen-bond donors (Lipinski definition) is 1. The summed E-state index contributed by atoms with van der Waals surface area (Å²) in [5, 5.41) is 10.4. The number of hydrogen-bond acceptors (Lipinski definition) is 5. The summed E-state index contributed by atoms with van der Waals surface area (Å²) in [5.41, 5.74) is 3.53. The van der Waals surface area contributed by atoms with Crippen LogP contribution in [0.4, 0.5) is 5.95 Å². The molecule has 24 heavy (non-hydrogen) atoms. The molecule has 0 amide bonds. The third kappa shape index (κ3) is 4.10. The second kappa shape index (κ2) is 7.73. The Bertz CT molecular complexity index is 654. The van der Waals surface area contributed by atoms with Gasteiger partial charge in [-0.05, 0) is 43.0 Å². The van der Waals surface area contributed by atoms with Gasteiger partial charge in [0.1, 0.15) is 0 Å². The summed E-state index contributed by atoms with van der Waals surface area (Å²) in [7, 11) is 0. The zero-order valence-corrected chi connectivity index (χ0v) is 14.5. The summed E-state index contributed by atoms with van der Waals surface area (Å²) >= 11 is 0. The van der Waals surface area contributed by atoms with Gasteiger partial charge in [0.25, 0.3) is 0 Å². The topological polar surface area (TPSA) is 52.5 Å². The fourth-order valence-electron chi connectivity index (χ4n) is 3.07. The van der Waals surface area contributed by atoms with E-state index in [0.29, 0.717) is 0 Å². The Kier molecular flexibility index (Phi) is 5.43. The number of nitrogens with zero attached hydrogens (tertiary/aromatic N) is 4. The molecule has 0 radical (unpaired) electrons. The van der Waals surface area contributed by atoms with Crippen LogP contribution in [0, 0.1) is 13.8 Å². The van der Waals surface area contributed by atoms with Crippen LogP contribution in [0.1, 0.15) is 29.2 Å². The molecule has 3 rings (SSSR count). The molecule has 1 fully saturated rings. The van der Waals surface area contributed by atoms with Crippen LogP contribution < -0.4 is 4.90 Å². The Morgan fingerprint density at radius 2 is 1.75 bits per heavy atom. The average Bonchev–Trinajstić information content (AvgIpc) is 2.63. The van der Waals surface area contributed by atoms with Gasteiger partial charge in [-0.3, -0.25) is 4.90 Å². The fourth-order valence-corrected chi connectivity index (χ4v) is 3.07. The van der Waals surface area contributed by atoms with E-state index in [1.165, 1.54) is 11.1 Å². The van der Waals surface area contributed by atoms with Gasteiger partial charge < -0.3 is 10.0 Å². The maximum absolute atomic E-state index is 10.4. The first-order chi connectivity index (χ1) is 11.6. The minimum Gasteiger partial charge on any atom is -0.388 e. The Balaban J connectivity index is 1.47. The van der Waals surface area contributed by atoms with Crippen molar-refractivity contribution in [1.29, 1.82) is 0 Å². The molecule has 1 aromatic carbocycles. The molecule has 1 aliphatic rings.